The van der Waals surface area contributed by atoms with Crippen molar-refractivity contribution >= 4 is 24.1 Å². The van der Waals surface area contributed by atoms with Gasteiger partial charge in [-0.15, -0.1) is 0 Å². The Kier molecular flexibility index (Phi) is 7.27. The Bertz CT molecular complexity index is 566. The second-order valence-corrected chi connectivity index (χ2v) is 8.28. The van der Waals surface area contributed by atoms with Crippen LogP contribution < -0.4 is 0 Å². The third kappa shape index (κ3) is 6.00. The summed E-state index contributed by atoms with van der Waals surface area (Å²) in [5.74, 6) is -1.76. The average molecular weight is 402 g/mol. The molecular weight excluding hydrogens is 372 g/mol. The van der Waals surface area contributed by atoms with Gasteiger partial charge in [0, 0.05) is 13.1 Å². The van der Waals surface area contributed by atoms with E-state index in [-0.39, 0.29) is 13.1 Å². The standard InChI is InChI=1S/C18H30N2O8/c1-17(2,3)27-15(23)19-9-10-20(16(24)28-18(4,5)6)12(14(22)26-8)11(19)13(21)25-7/h11-12H,9-10H2,1-8H3/t11-,12-/m0/s1. The minimum Gasteiger partial charge on any atom is -0.467 e. The van der Waals surface area contributed by atoms with Crippen molar-refractivity contribution in [3.05, 3.63) is 0 Å². The van der Waals surface area contributed by atoms with E-state index >= 15 is 0 Å². The Morgan fingerprint density at radius 3 is 1.18 bits per heavy atom. The highest BCUT2D eigenvalue weighted by atomic mass is 16.6. The lowest BCUT2D eigenvalue weighted by molar-refractivity contribution is -0.163. The van der Waals surface area contributed by atoms with Gasteiger partial charge in [-0.3, -0.25) is 9.80 Å². The predicted octanol–water partition coefficient (Wildman–Crippen LogP) is 1.56. The van der Waals surface area contributed by atoms with Gasteiger partial charge in [-0.2, -0.15) is 0 Å². The fourth-order valence-corrected chi connectivity index (χ4v) is 2.64. The fraction of sp³-hybridized carbons (Fsp3) is 0.778. The number of methoxy groups -OCH3 is 2. The summed E-state index contributed by atoms with van der Waals surface area (Å²) in [6.45, 7) is 9.93. The Balaban J connectivity index is 3.32. The highest BCUT2D eigenvalue weighted by molar-refractivity contribution is 5.92. The van der Waals surface area contributed by atoms with Crippen LogP contribution in [0.5, 0.6) is 0 Å². The van der Waals surface area contributed by atoms with E-state index in [1.165, 1.54) is 0 Å². The molecule has 1 saturated heterocycles. The Morgan fingerprint density at radius 2 is 0.964 bits per heavy atom. The van der Waals surface area contributed by atoms with Gasteiger partial charge in [-0.25, -0.2) is 19.2 Å². The van der Waals surface area contributed by atoms with E-state index in [0.29, 0.717) is 0 Å². The molecule has 0 aromatic heterocycles. The van der Waals surface area contributed by atoms with Crippen molar-refractivity contribution in [3.8, 4) is 0 Å². The van der Waals surface area contributed by atoms with E-state index in [4.69, 9.17) is 18.9 Å². The number of nitrogens with zero attached hydrogens (tertiary/aromatic N) is 2. The van der Waals surface area contributed by atoms with Gasteiger partial charge in [0.1, 0.15) is 11.2 Å². The van der Waals surface area contributed by atoms with E-state index in [0.717, 1.165) is 24.0 Å². The van der Waals surface area contributed by atoms with Crippen LogP contribution in [0.15, 0.2) is 0 Å². The normalized spacial score (nSPS) is 20.3. The summed E-state index contributed by atoms with van der Waals surface area (Å²) in [5.41, 5.74) is -1.64. The molecule has 28 heavy (non-hydrogen) atoms. The van der Waals surface area contributed by atoms with Crippen LogP contribution >= 0.6 is 0 Å². The van der Waals surface area contributed by atoms with Crippen LogP contribution in [0.2, 0.25) is 0 Å². The third-order valence-electron chi connectivity index (χ3n) is 3.69. The van der Waals surface area contributed by atoms with E-state index in [2.05, 4.69) is 0 Å². The average Bonchev–Trinajstić information content (AvgIpc) is 2.55. The molecule has 0 saturated carbocycles. The van der Waals surface area contributed by atoms with Crippen molar-refractivity contribution < 1.29 is 38.1 Å². The van der Waals surface area contributed by atoms with Gasteiger partial charge >= 0.3 is 24.1 Å². The van der Waals surface area contributed by atoms with Crippen molar-refractivity contribution in [2.75, 3.05) is 27.3 Å². The molecule has 0 bridgehead atoms. The molecule has 2 atom stereocenters. The lowest BCUT2D eigenvalue weighted by atomic mass is 10.0. The maximum Gasteiger partial charge on any atom is 0.411 e. The summed E-state index contributed by atoms with van der Waals surface area (Å²) in [4.78, 5) is 52.3. The second-order valence-electron chi connectivity index (χ2n) is 8.28. The molecule has 1 rings (SSSR count). The number of esters is 2. The zero-order valence-corrected chi connectivity index (χ0v) is 17.7. The van der Waals surface area contributed by atoms with Crippen molar-refractivity contribution in [3.63, 3.8) is 0 Å². The van der Waals surface area contributed by atoms with Gasteiger partial charge in [0.25, 0.3) is 0 Å². The molecule has 0 aliphatic carbocycles. The SMILES string of the molecule is COC(=O)[C@@H]1[C@@H](C(=O)OC)N(C(=O)OC(C)(C)C)CCN1C(=O)OC(C)(C)C. The molecule has 0 spiro atoms. The molecule has 160 valence electrons. The fourth-order valence-electron chi connectivity index (χ4n) is 2.64. The van der Waals surface area contributed by atoms with Gasteiger partial charge in [0.05, 0.1) is 14.2 Å². The van der Waals surface area contributed by atoms with Gasteiger partial charge in [0.2, 0.25) is 0 Å². The molecular formula is C18H30N2O8. The van der Waals surface area contributed by atoms with Crippen molar-refractivity contribution in [1.82, 2.24) is 9.80 Å². The minimum absolute atomic E-state index is 0.0541. The lowest BCUT2D eigenvalue weighted by Gasteiger charge is -2.44. The zero-order chi connectivity index (χ0) is 21.9. The quantitative estimate of drug-likeness (QED) is 0.505. The predicted molar refractivity (Wildman–Crippen MR) is 97.5 cm³/mol. The highest BCUT2D eigenvalue weighted by Gasteiger charge is 2.51. The molecule has 1 heterocycles. The molecule has 0 aromatic rings. The summed E-state index contributed by atoms with van der Waals surface area (Å²) in [6, 6.07) is -2.87. The number of hydrogen-bond acceptors (Lipinski definition) is 8. The third-order valence-corrected chi connectivity index (χ3v) is 3.69. The zero-order valence-electron chi connectivity index (χ0n) is 17.7. The molecule has 0 unspecified atom stereocenters. The Morgan fingerprint density at radius 1 is 0.679 bits per heavy atom. The number of hydrogen-bond donors (Lipinski definition) is 0. The van der Waals surface area contributed by atoms with E-state index in [1.54, 1.807) is 41.5 Å². The summed E-state index contributed by atoms with van der Waals surface area (Å²) >= 11 is 0. The monoisotopic (exact) mass is 402 g/mol. The number of piperazine rings is 1. The molecule has 0 N–H and O–H groups in total. The number of carbonyl (C=O) groups is 4. The highest BCUT2D eigenvalue weighted by Crippen LogP contribution is 2.24. The molecule has 0 radical (unpaired) electrons. The van der Waals surface area contributed by atoms with Crippen LogP contribution in [0.4, 0.5) is 9.59 Å². The maximum atomic E-state index is 12.6. The first kappa shape index (κ1) is 23.5. The van der Waals surface area contributed by atoms with E-state index in [1.807, 2.05) is 0 Å². The van der Waals surface area contributed by atoms with Crippen LogP contribution in [0.1, 0.15) is 41.5 Å². The van der Waals surface area contributed by atoms with E-state index in [9.17, 15) is 19.2 Å². The van der Waals surface area contributed by atoms with Crippen molar-refractivity contribution in [2.24, 2.45) is 0 Å². The van der Waals surface area contributed by atoms with Crippen LogP contribution in [-0.4, -0.2) is 84.5 Å². The second kappa shape index (κ2) is 8.66. The topological polar surface area (TPSA) is 112 Å². The minimum atomic E-state index is -1.44. The molecule has 2 amide bonds. The maximum absolute atomic E-state index is 12.6. The summed E-state index contributed by atoms with van der Waals surface area (Å²) in [5, 5.41) is 0. The van der Waals surface area contributed by atoms with Gasteiger partial charge < -0.3 is 18.9 Å². The number of amides is 2. The van der Waals surface area contributed by atoms with E-state index < -0.39 is 47.4 Å². The molecule has 0 aromatic carbocycles. The number of carbonyl (C=O) groups excluding carboxylic acids is 4. The van der Waals surface area contributed by atoms with Crippen LogP contribution in [0, 0.1) is 0 Å². The smallest absolute Gasteiger partial charge is 0.411 e. The Labute approximate surface area is 165 Å². The molecule has 1 fully saturated rings. The summed E-state index contributed by atoms with van der Waals surface area (Å²) in [6.07, 6.45) is -1.61. The first-order valence-corrected chi connectivity index (χ1v) is 8.86. The van der Waals surface area contributed by atoms with Crippen molar-refractivity contribution in [2.45, 2.75) is 64.8 Å². The molecule has 1 aliphatic heterocycles. The first-order valence-electron chi connectivity index (χ1n) is 8.86. The lowest BCUT2D eigenvalue weighted by Crippen LogP contribution is -2.68. The van der Waals surface area contributed by atoms with Gasteiger partial charge in [-0.05, 0) is 41.5 Å². The van der Waals surface area contributed by atoms with Gasteiger partial charge in [0.15, 0.2) is 12.1 Å². The molecule has 10 nitrogen and oxygen atoms in total. The number of ether oxygens (including phenoxy) is 4. The van der Waals surface area contributed by atoms with Crippen molar-refractivity contribution in [1.29, 1.82) is 0 Å². The molecule has 1 aliphatic rings. The largest absolute Gasteiger partial charge is 0.467 e. The van der Waals surface area contributed by atoms with Crippen LogP contribution in [0.25, 0.3) is 0 Å². The summed E-state index contributed by atoms with van der Waals surface area (Å²) in [7, 11) is 2.24. The van der Waals surface area contributed by atoms with Crippen LogP contribution in [-0.2, 0) is 28.5 Å². The Hall–Kier alpha value is -2.52. The summed E-state index contributed by atoms with van der Waals surface area (Å²) < 4.78 is 20.2. The number of rotatable bonds is 2. The first-order chi connectivity index (χ1) is 12.7. The van der Waals surface area contributed by atoms with Gasteiger partial charge in [-0.1, -0.05) is 0 Å². The molecule has 10 heteroatoms. The van der Waals surface area contributed by atoms with Crippen LogP contribution in [0.3, 0.4) is 0 Å².